The Bertz CT molecular complexity index is 1220. The SMILES string of the molecule is Cc1cc(-c2ncc(CNC(=O)c3nnc(-c4cccc(Cl)c4)s3)cc2C)ccn1. The highest BCUT2D eigenvalue weighted by Gasteiger charge is 2.14. The zero-order chi connectivity index (χ0) is 21.1. The lowest BCUT2D eigenvalue weighted by Gasteiger charge is -2.09. The molecule has 3 heterocycles. The van der Waals surface area contributed by atoms with Gasteiger partial charge in [0.25, 0.3) is 5.91 Å². The fourth-order valence-electron chi connectivity index (χ4n) is 3.04. The minimum atomic E-state index is -0.271. The summed E-state index contributed by atoms with van der Waals surface area (Å²) in [5.74, 6) is -0.271. The maximum atomic E-state index is 12.5. The van der Waals surface area contributed by atoms with E-state index in [0.717, 1.165) is 33.6 Å². The largest absolute Gasteiger partial charge is 0.346 e. The third-order valence-electron chi connectivity index (χ3n) is 4.45. The summed E-state index contributed by atoms with van der Waals surface area (Å²) in [6, 6.07) is 13.3. The van der Waals surface area contributed by atoms with Gasteiger partial charge in [0.2, 0.25) is 5.01 Å². The molecule has 0 spiro atoms. The predicted molar refractivity (Wildman–Crippen MR) is 118 cm³/mol. The predicted octanol–water partition coefficient (Wildman–Crippen LogP) is 4.86. The first-order chi connectivity index (χ1) is 14.5. The summed E-state index contributed by atoms with van der Waals surface area (Å²) in [5, 5.41) is 12.6. The first-order valence-corrected chi connectivity index (χ1v) is 10.5. The Balaban J connectivity index is 1.44. The standard InChI is InChI=1S/C22H18ClN5OS/c1-13-8-15(11-25-19(13)16-6-7-24-14(2)9-16)12-26-20(29)22-28-27-21(30-22)17-4-3-5-18(23)10-17/h3-11H,12H2,1-2H3,(H,26,29). The third kappa shape index (κ3) is 4.53. The van der Waals surface area contributed by atoms with Crippen LogP contribution in [0.15, 0.2) is 54.9 Å². The molecule has 0 saturated heterocycles. The molecule has 0 aliphatic heterocycles. The highest BCUT2D eigenvalue weighted by molar-refractivity contribution is 7.16. The second-order valence-electron chi connectivity index (χ2n) is 6.80. The molecule has 0 radical (unpaired) electrons. The Morgan fingerprint density at radius 3 is 2.70 bits per heavy atom. The topological polar surface area (TPSA) is 80.7 Å². The van der Waals surface area contributed by atoms with Gasteiger partial charge < -0.3 is 5.32 Å². The summed E-state index contributed by atoms with van der Waals surface area (Å²) >= 11 is 7.25. The van der Waals surface area contributed by atoms with Crippen molar-refractivity contribution in [2.24, 2.45) is 0 Å². The Kier molecular flexibility index (Phi) is 5.83. The summed E-state index contributed by atoms with van der Waals surface area (Å²) in [4.78, 5) is 21.3. The maximum absolute atomic E-state index is 12.5. The van der Waals surface area contributed by atoms with Crippen LogP contribution in [0.3, 0.4) is 0 Å². The number of aryl methyl sites for hydroxylation is 2. The van der Waals surface area contributed by atoms with E-state index in [1.807, 2.05) is 44.2 Å². The third-order valence-corrected chi connectivity index (χ3v) is 5.66. The second-order valence-corrected chi connectivity index (χ2v) is 8.21. The van der Waals surface area contributed by atoms with Gasteiger partial charge in [-0.2, -0.15) is 0 Å². The average molecular weight is 436 g/mol. The molecule has 8 heteroatoms. The first kappa shape index (κ1) is 20.1. The van der Waals surface area contributed by atoms with Gasteiger partial charge >= 0.3 is 0 Å². The number of amides is 1. The molecule has 1 aromatic carbocycles. The fraction of sp³-hybridized carbons (Fsp3) is 0.136. The molecule has 3 aromatic heterocycles. The number of hydrogen-bond donors (Lipinski definition) is 1. The second kappa shape index (κ2) is 8.69. The van der Waals surface area contributed by atoms with Gasteiger partial charge in [-0.1, -0.05) is 41.1 Å². The van der Waals surface area contributed by atoms with E-state index in [4.69, 9.17) is 11.6 Å². The molecule has 6 nitrogen and oxygen atoms in total. The Morgan fingerprint density at radius 2 is 1.93 bits per heavy atom. The molecule has 4 rings (SSSR count). The highest BCUT2D eigenvalue weighted by Crippen LogP contribution is 2.26. The van der Waals surface area contributed by atoms with Crippen LogP contribution in [-0.4, -0.2) is 26.1 Å². The van der Waals surface area contributed by atoms with Crippen molar-refractivity contribution in [3.63, 3.8) is 0 Å². The molecule has 150 valence electrons. The molecule has 1 N–H and O–H groups in total. The number of hydrogen-bond acceptors (Lipinski definition) is 6. The molecule has 30 heavy (non-hydrogen) atoms. The summed E-state index contributed by atoms with van der Waals surface area (Å²) in [5.41, 5.74) is 5.66. The van der Waals surface area contributed by atoms with Crippen molar-refractivity contribution in [2.75, 3.05) is 0 Å². The van der Waals surface area contributed by atoms with Gasteiger partial charge in [0.1, 0.15) is 5.01 Å². The van der Waals surface area contributed by atoms with Crippen molar-refractivity contribution in [2.45, 2.75) is 20.4 Å². The van der Waals surface area contributed by atoms with Crippen LogP contribution >= 0.6 is 22.9 Å². The Morgan fingerprint density at radius 1 is 1.07 bits per heavy atom. The minimum Gasteiger partial charge on any atom is -0.346 e. The number of carbonyl (C=O) groups excluding carboxylic acids is 1. The zero-order valence-corrected chi connectivity index (χ0v) is 18.0. The van der Waals surface area contributed by atoms with Gasteiger partial charge in [-0.15, -0.1) is 10.2 Å². The molecule has 0 saturated carbocycles. The zero-order valence-electron chi connectivity index (χ0n) is 16.4. The van der Waals surface area contributed by atoms with E-state index < -0.39 is 0 Å². The summed E-state index contributed by atoms with van der Waals surface area (Å²) in [6.45, 7) is 4.31. The fourth-order valence-corrected chi connectivity index (χ4v) is 3.98. The van der Waals surface area contributed by atoms with Gasteiger partial charge in [0, 0.05) is 40.8 Å². The van der Waals surface area contributed by atoms with Crippen LogP contribution in [0.2, 0.25) is 5.02 Å². The van der Waals surface area contributed by atoms with Gasteiger partial charge in [-0.3, -0.25) is 14.8 Å². The van der Waals surface area contributed by atoms with Crippen molar-refractivity contribution in [1.29, 1.82) is 0 Å². The minimum absolute atomic E-state index is 0.271. The number of carbonyl (C=O) groups is 1. The van der Waals surface area contributed by atoms with Crippen LogP contribution in [0.25, 0.3) is 21.8 Å². The molecule has 0 bridgehead atoms. The smallest absolute Gasteiger partial charge is 0.282 e. The van der Waals surface area contributed by atoms with Crippen molar-refractivity contribution in [1.82, 2.24) is 25.5 Å². The van der Waals surface area contributed by atoms with E-state index >= 15 is 0 Å². The molecular formula is C22H18ClN5OS. The van der Waals surface area contributed by atoms with Gasteiger partial charge in [-0.25, -0.2) is 0 Å². The Labute approximate surface area is 183 Å². The van der Waals surface area contributed by atoms with Gasteiger partial charge in [-0.05, 0) is 49.2 Å². The summed E-state index contributed by atoms with van der Waals surface area (Å²) in [6.07, 6.45) is 3.55. The van der Waals surface area contributed by atoms with E-state index in [2.05, 4.69) is 25.5 Å². The molecule has 0 unspecified atom stereocenters. The number of benzene rings is 1. The number of rotatable bonds is 5. The lowest BCUT2D eigenvalue weighted by molar-refractivity contribution is 0.0949. The van der Waals surface area contributed by atoms with E-state index in [-0.39, 0.29) is 5.91 Å². The van der Waals surface area contributed by atoms with Crippen molar-refractivity contribution >= 4 is 28.8 Å². The molecule has 0 aliphatic rings. The van der Waals surface area contributed by atoms with Crippen molar-refractivity contribution < 1.29 is 4.79 Å². The molecule has 0 aliphatic carbocycles. The molecule has 4 aromatic rings. The van der Waals surface area contributed by atoms with E-state index in [0.29, 0.717) is 21.6 Å². The van der Waals surface area contributed by atoms with Gasteiger partial charge in [0.05, 0.1) is 5.69 Å². The molecule has 0 fully saturated rings. The summed E-state index contributed by atoms with van der Waals surface area (Å²) < 4.78 is 0. The lowest BCUT2D eigenvalue weighted by atomic mass is 10.1. The van der Waals surface area contributed by atoms with Crippen LogP contribution in [-0.2, 0) is 6.54 Å². The molecule has 1 amide bonds. The van der Waals surface area contributed by atoms with Crippen LogP contribution < -0.4 is 5.32 Å². The molecule has 0 atom stereocenters. The van der Waals surface area contributed by atoms with E-state index in [1.165, 1.54) is 11.3 Å². The van der Waals surface area contributed by atoms with Crippen LogP contribution in [0, 0.1) is 13.8 Å². The normalized spacial score (nSPS) is 10.8. The maximum Gasteiger partial charge on any atom is 0.282 e. The molecular weight excluding hydrogens is 418 g/mol. The number of aromatic nitrogens is 4. The van der Waals surface area contributed by atoms with Crippen molar-refractivity contribution in [3.05, 3.63) is 81.7 Å². The van der Waals surface area contributed by atoms with Crippen LogP contribution in [0.4, 0.5) is 0 Å². The highest BCUT2D eigenvalue weighted by atomic mass is 35.5. The van der Waals surface area contributed by atoms with Gasteiger partial charge in [0.15, 0.2) is 0 Å². The Hall–Kier alpha value is -3.16. The van der Waals surface area contributed by atoms with E-state index in [9.17, 15) is 4.79 Å². The number of pyridine rings is 2. The van der Waals surface area contributed by atoms with E-state index in [1.54, 1.807) is 24.5 Å². The van der Waals surface area contributed by atoms with Crippen LogP contribution in [0.1, 0.15) is 26.6 Å². The summed E-state index contributed by atoms with van der Waals surface area (Å²) in [7, 11) is 0. The quantitative estimate of drug-likeness (QED) is 0.484. The monoisotopic (exact) mass is 435 g/mol. The first-order valence-electron chi connectivity index (χ1n) is 9.26. The number of nitrogens with zero attached hydrogens (tertiary/aromatic N) is 4. The lowest BCUT2D eigenvalue weighted by Crippen LogP contribution is -2.22. The number of nitrogens with one attached hydrogen (secondary N) is 1. The van der Waals surface area contributed by atoms with Crippen molar-refractivity contribution in [3.8, 4) is 21.8 Å². The van der Waals surface area contributed by atoms with Crippen LogP contribution in [0.5, 0.6) is 0 Å². The number of halogens is 1. The average Bonchev–Trinajstić information content (AvgIpc) is 3.22.